The van der Waals surface area contributed by atoms with Crippen LogP contribution in [0.3, 0.4) is 0 Å². The molecule has 6 N–H and O–H groups in total. The number of nitrogens with two attached hydrogens (primary N) is 2. The molecule has 0 heterocycles. The van der Waals surface area contributed by atoms with Crippen LogP contribution in [-0.2, 0) is 0 Å². The first-order valence-corrected chi connectivity index (χ1v) is 5.69. The summed E-state index contributed by atoms with van der Waals surface area (Å²) in [7, 11) is 0. The van der Waals surface area contributed by atoms with Gasteiger partial charge in [0.2, 0.25) is 0 Å². The molecule has 0 unspecified atom stereocenters. The van der Waals surface area contributed by atoms with E-state index >= 15 is 0 Å². The molecule has 0 aliphatic heterocycles. The fraction of sp³-hybridized carbons (Fsp3) is 0.143. The second-order valence-electron chi connectivity index (χ2n) is 4.42. The second kappa shape index (κ2) is 4.49. The Bertz CT molecular complexity index is 594. The summed E-state index contributed by atoms with van der Waals surface area (Å²) < 4.78 is 0. The number of hydrogen-bond donors (Lipinski definition) is 4. The normalized spacial score (nSPS) is 10.3. The van der Waals surface area contributed by atoms with Gasteiger partial charge in [-0.25, -0.2) is 0 Å². The minimum Gasteiger partial charge on any atom is -0.508 e. The number of phenolic OH excluding ortho intramolecular Hbond substituents is 1. The minimum atomic E-state index is 0.280. The lowest BCUT2D eigenvalue weighted by atomic mass is 10.1. The minimum absolute atomic E-state index is 0.280. The number of aryl methyl sites for hydroxylation is 2. The topological polar surface area (TPSA) is 84.3 Å². The van der Waals surface area contributed by atoms with Gasteiger partial charge in [0.15, 0.2) is 0 Å². The van der Waals surface area contributed by atoms with E-state index in [0.717, 1.165) is 22.5 Å². The Hall–Kier alpha value is -2.36. The SMILES string of the molecule is Cc1cc(Nc2ccc(O)c(C)c2)c(N)cc1N. The van der Waals surface area contributed by atoms with Crippen LogP contribution in [0.25, 0.3) is 0 Å². The number of nitrogens with one attached hydrogen (secondary N) is 1. The molecule has 0 radical (unpaired) electrons. The number of anilines is 4. The lowest BCUT2D eigenvalue weighted by molar-refractivity contribution is 0.471. The monoisotopic (exact) mass is 243 g/mol. The van der Waals surface area contributed by atoms with Crippen molar-refractivity contribution in [2.75, 3.05) is 16.8 Å². The van der Waals surface area contributed by atoms with E-state index in [9.17, 15) is 5.11 Å². The molecule has 18 heavy (non-hydrogen) atoms. The number of rotatable bonds is 2. The Balaban J connectivity index is 2.34. The molecule has 0 aliphatic rings. The quantitative estimate of drug-likeness (QED) is 0.482. The molecule has 0 bridgehead atoms. The van der Waals surface area contributed by atoms with Crippen molar-refractivity contribution in [3.8, 4) is 5.75 Å². The van der Waals surface area contributed by atoms with Crippen LogP contribution in [0.15, 0.2) is 30.3 Å². The van der Waals surface area contributed by atoms with Gasteiger partial charge in [0.05, 0.1) is 11.4 Å². The van der Waals surface area contributed by atoms with Crippen LogP contribution in [0.4, 0.5) is 22.7 Å². The van der Waals surface area contributed by atoms with Crippen molar-refractivity contribution in [2.24, 2.45) is 0 Å². The maximum Gasteiger partial charge on any atom is 0.118 e. The average Bonchev–Trinajstić information content (AvgIpc) is 2.31. The zero-order valence-electron chi connectivity index (χ0n) is 10.5. The fourth-order valence-electron chi connectivity index (χ4n) is 1.74. The molecule has 0 saturated carbocycles. The molecule has 0 fully saturated rings. The van der Waals surface area contributed by atoms with Crippen molar-refractivity contribution < 1.29 is 5.11 Å². The van der Waals surface area contributed by atoms with E-state index in [1.54, 1.807) is 18.2 Å². The third kappa shape index (κ3) is 2.32. The van der Waals surface area contributed by atoms with E-state index in [0.29, 0.717) is 11.4 Å². The van der Waals surface area contributed by atoms with Gasteiger partial charge in [0, 0.05) is 11.4 Å². The van der Waals surface area contributed by atoms with E-state index in [2.05, 4.69) is 5.32 Å². The first-order valence-electron chi connectivity index (χ1n) is 5.69. The maximum atomic E-state index is 9.48. The summed E-state index contributed by atoms with van der Waals surface area (Å²) in [6, 6.07) is 8.96. The average molecular weight is 243 g/mol. The standard InChI is InChI=1S/C14H17N3O/c1-8-6-13(12(16)7-11(8)15)17-10-3-4-14(18)9(2)5-10/h3-7,17-18H,15-16H2,1-2H3. The number of nitrogen functional groups attached to an aromatic ring is 2. The van der Waals surface area contributed by atoms with Gasteiger partial charge in [-0.15, -0.1) is 0 Å². The van der Waals surface area contributed by atoms with Gasteiger partial charge in [0.25, 0.3) is 0 Å². The van der Waals surface area contributed by atoms with Gasteiger partial charge in [-0.2, -0.15) is 0 Å². The summed E-state index contributed by atoms with van der Waals surface area (Å²) in [4.78, 5) is 0. The summed E-state index contributed by atoms with van der Waals surface area (Å²) in [6.07, 6.45) is 0. The molecule has 0 atom stereocenters. The van der Waals surface area contributed by atoms with Crippen LogP contribution in [0, 0.1) is 13.8 Å². The molecular formula is C14H17N3O. The number of benzene rings is 2. The third-order valence-electron chi connectivity index (χ3n) is 2.91. The van der Waals surface area contributed by atoms with Crippen molar-refractivity contribution in [3.63, 3.8) is 0 Å². The van der Waals surface area contributed by atoms with Crippen molar-refractivity contribution in [2.45, 2.75) is 13.8 Å². The van der Waals surface area contributed by atoms with E-state index in [4.69, 9.17) is 11.5 Å². The second-order valence-corrected chi connectivity index (χ2v) is 4.42. The number of hydrogen-bond acceptors (Lipinski definition) is 4. The Kier molecular flexibility index (Phi) is 3.02. The Morgan fingerprint density at radius 2 is 1.67 bits per heavy atom. The van der Waals surface area contributed by atoms with Crippen molar-refractivity contribution in [1.82, 2.24) is 0 Å². The number of aromatic hydroxyl groups is 1. The summed E-state index contributed by atoms with van der Waals surface area (Å²) >= 11 is 0. The highest BCUT2D eigenvalue weighted by atomic mass is 16.3. The van der Waals surface area contributed by atoms with E-state index in [1.165, 1.54) is 0 Å². The summed E-state index contributed by atoms with van der Waals surface area (Å²) in [6.45, 7) is 3.78. The predicted octanol–water partition coefficient (Wildman–Crippen LogP) is 2.92. The zero-order valence-corrected chi connectivity index (χ0v) is 10.5. The highest BCUT2D eigenvalue weighted by Crippen LogP contribution is 2.29. The zero-order chi connectivity index (χ0) is 13.3. The van der Waals surface area contributed by atoms with Gasteiger partial charge in [0.1, 0.15) is 5.75 Å². The Labute approximate surface area is 106 Å². The third-order valence-corrected chi connectivity index (χ3v) is 2.91. The molecule has 0 amide bonds. The maximum absolute atomic E-state index is 9.48. The van der Waals surface area contributed by atoms with Crippen LogP contribution in [-0.4, -0.2) is 5.11 Å². The van der Waals surface area contributed by atoms with Crippen LogP contribution in [0.2, 0.25) is 0 Å². The van der Waals surface area contributed by atoms with Gasteiger partial charge >= 0.3 is 0 Å². The molecular weight excluding hydrogens is 226 g/mol. The molecule has 0 spiro atoms. The molecule has 2 rings (SSSR count). The highest BCUT2D eigenvalue weighted by Gasteiger charge is 2.04. The van der Waals surface area contributed by atoms with Crippen LogP contribution in [0.5, 0.6) is 5.75 Å². The number of phenols is 1. The largest absolute Gasteiger partial charge is 0.508 e. The van der Waals surface area contributed by atoms with Gasteiger partial charge in [-0.1, -0.05) is 0 Å². The molecule has 2 aromatic carbocycles. The van der Waals surface area contributed by atoms with Crippen molar-refractivity contribution in [3.05, 3.63) is 41.5 Å². The summed E-state index contributed by atoms with van der Waals surface area (Å²) in [5.74, 6) is 0.280. The lowest BCUT2D eigenvalue weighted by Gasteiger charge is -2.12. The predicted molar refractivity (Wildman–Crippen MR) is 76.1 cm³/mol. The van der Waals surface area contributed by atoms with Gasteiger partial charge < -0.3 is 21.9 Å². The lowest BCUT2D eigenvalue weighted by Crippen LogP contribution is -2.00. The Morgan fingerprint density at radius 1 is 0.944 bits per heavy atom. The van der Waals surface area contributed by atoms with Crippen LogP contribution < -0.4 is 16.8 Å². The van der Waals surface area contributed by atoms with Crippen molar-refractivity contribution >= 4 is 22.7 Å². The van der Waals surface area contributed by atoms with E-state index < -0.39 is 0 Å². The smallest absolute Gasteiger partial charge is 0.118 e. The first kappa shape index (κ1) is 12.1. The molecule has 4 heteroatoms. The highest BCUT2D eigenvalue weighted by molar-refractivity contribution is 5.77. The molecule has 0 saturated heterocycles. The summed E-state index contributed by atoms with van der Waals surface area (Å²) in [5, 5.41) is 12.7. The Morgan fingerprint density at radius 3 is 2.33 bits per heavy atom. The molecule has 0 aliphatic carbocycles. The van der Waals surface area contributed by atoms with Crippen LogP contribution >= 0.6 is 0 Å². The molecule has 2 aromatic rings. The van der Waals surface area contributed by atoms with Gasteiger partial charge in [-0.3, -0.25) is 0 Å². The van der Waals surface area contributed by atoms with E-state index in [1.807, 2.05) is 26.0 Å². The van der Waals surface area contributed by atoms with Crippen LogP contribution in [0.1, 0.15) is 11.1 Å². The first-order chi connectivity index (χ1) is 8.47. The molecule has 94 valence electrons. The fourth-order valence-corrected chi connectivity index (χ4v) is 1.74. The van der Waals surface area contributed by atoms with Crippen molar-refractivity contribution in [1.29, 1.82) is 0 Å². The van der Waals surface area contributed by atoms with Gasteiger partial charge in [-0.05, 0) is 55.3 Å². The summed E-state index contributed by atoms with van der Waals surface area (Å²) in [5.41, 5.74) is 16.5. The molecule has 0 aromatic heterocycles. The molecule has 4 nitrogen and oxygen atoms in total. The van der Waals surface area contributed by atoms with E-state index in [-0.39, 0.29) is 5.75 Å².